The number of carbonyl (C=O) groups excluding carboxylic acids is 1. The van der Waals surface area contributed by atoms with Gasteiger partial charge in [0.25, 0.3) is 0 Å². The second kappa shape index (κ2) is 12.8. The van der Waals surface area contributed by atoms with Gasteiger partial charge in [0, 0.05) is 30.3 Å². The van der Waals surface area contributed by atoms with Crippen LogP contribution in [0.15, 0.2) is 5.11 Å². The first-order chi connectivity index (χ1) is 8.31. The minimum absolute atomic E-state index is 0.585. The van der Waals surface area contributed by atoms with Crippen molar-refractivity contribution in [2.45, 2.75) is 44.9 Å². The van der Waals surface area contributed by atoms with Gasteiger partial charge < -0.3 is 10.1 Å². The number of unbranched alkanes of at least 4 members (excludes halogenated alkanes) is 6. The number of carbonyl (C=O) groups is 1. The van der Waals surface area contributed by atoms with Gasteiger partial charge in [-0.05, 0) is 18.4 Å². The summed E-state index contributed by atoms with van der Waals surface area (Å²) >= 11 is 0. The molecule has 0 heterocycles. The van der Waals surface area contributed by atoms with Crippen LogP contribution in [0.1, 0.15) is 44.9 Å². The highest BCUT2D eigenvalue weighted by Crippen LogP contribution is 2.06. The van der Waals surface area contributed by atoms with Gasteiger partial charge in [-0.15, -0.1) is 0 Å². The molecule has 0 saturated carbocycles. The van der Waals surface area contributed by atoms with Crippen molar-refractivity contribution in [2.24, 2.45) is 5.11 Å². The highest BCUT2D eigenvalue weighted by atomic mass is 16.5. The summed E-state index contributed by atoms with van der Waals surface area (Å²) in [5.41, 5.74) is 7.99. The second-order valence-electron chi connectivity index (χ2n) is 3.89. The zero-order valence-electron chi connectivity index (χ0n) is 10.5. The van der Waals surface area contributed by atoms with E-state index in [1.165, 1.54) is 25.7 Å². The summed E-state index contributed by atoms with van der Waals surface area (Å²) in [5.74, 6) is 0. The number of ether oxygens (including phenoxy) is 1. The first kappa shape index (κ1) is 15.7. The number of azide groups is 1. The number of rotatable bonds is 10. The Bertz CT molecular complexity index is 240. The van der Waals surface area contributed by atoms with E-state index in [-0.39, 0.29) is 0 Å². The number of urea groups is 1. The topological polar surface area (TPSA) is 87.1 Å². The smallest absolute Gasteiger partial charge is 0.308 e. The van der Waals surface area contributed by atoms with Crippen molar-refractivity contribution in [3.63, 3.8) is 0 Å². The predicted molar refractivity (Wildman–Crippen MR) is 66.7 cm³/mol. The first-order valence-corrected chi connectivity index (χ1v) is 6.13. The van der Waals surface area contributed by atoms with Crippen LogP contribution in [0.4, 0.5) is 4.79 Å². The van der Waals surface area contributed by atoms with Crippen LogP contribution in [-0.4, -0.2) is 26.3 Å². The third-order valence-electron chi connectivity index (χ3n) is 2.44. The molecule has 0 rings (SSSR count). The van der Waals surface area contributed by atoms with Crippen molar-refractivity contribution in [1.29, 1.82) is 0 Å². The molecule has 1 N–H and O–H groups in total. The highest BCUT2D eigenvalue weighted by Gasteiger charge is 1.95. The van der Waals surface area contributed by atoms with E-state index in [2.05, 4.69) is 15.3 Å². The predicted octanol–water partition coefficient (Wildman–Crippen LogP) is 3.38. The van der Waals surface area contributed by atoms with Gasteiger partial charge in [0.05, 0.1) is 0 Å². The molecule has 0 radical (unpaired) electrons. The Kier molecular flexibility index (Phi) is 11.9. The van der Waals surface area contributed by atoms with E-state index in [1.54, 1.807) is 7.11 Å². The molecule has 0 aromatic rings. The van der Waals surface area contributed by atoms with Crippen molar-refractivity contribution < 1.29 is 9.53 Å². The van der Waals surface area contributed by atoms with Gasteiger partial charge >= 0.3 is 6.03 Å². The third kappa shape index (κ3) is 12.7. The fourth-order valence-corrected chi connectivity index (χ4v) is 1.53. The molecule has 0 fully saturated rings. The fraction of sp³-hybridized carbons (Fsp3) is 0.909. The molecule has 0 aliphatic heterocycles. The average molecular weight is 242 g/mol. The summed E-state index contributed by atoms with van der Waals surface area (Å²) in [7, 11) is 1.73. The van der Waals surface area contributed by atoms with Crippen molar-refractivity contribution in [2.75, 3.05) is 20.3 Å². The van der Waals surface area contributed by atoms with E-state index in [9.17, 15) is 4.79 Å². The maximum atomic E-state index is 10.7. The molecule has 0 saturated heterocycles. The number of hydrogen-bond acceptors (Lipinski definition) is 2. The van der Waals surface area contributed by atoms with Gasteiger partial charge in [0.15, 0.2) is 0 Å². The molecule has 0 aromatic carbocycles. The quantitative estimate of drug-likeness (QED) is 0.275. The van der Waals surface area contributed by atoms with Crippen LogP contribution in [0.5, 0.6) is 0 Å². The van der Waals surface area contributed by atoms with Crippen LogP contribution in [0.2, 0.25) is 0 Å². The molecule has 0 atom stereocenters. The van der Waals surface area contributed by atoms with Gasteiger partial charge in [0.1, 0.15) is 0 Å². The van der Waals surface area contributed by atoms with E-state index in [0.29, 0.717) is 6.54 Å². The Morgan fingerprint density at radius 1 is 1.18 bits per heavy atom. The summed E-state index contributed by atoms with van der Waals surface area (Å²) in [6.07, 6.45) is 8.05. The Morgan fingerprint density at radius 2 is 1.76 bits per heavy atom. The largest absolute Gasteiger partial charge is 0.385 e. The van der Waals surface area contributed by atoms with E-state index in [0.717, 1.165) is 25.9 Å². The number of methoxy groups -OCH3 is 1. The van der Waals surface area contributed by atoms with Gasteiger partial charge in [-0.2, -0.15) is 0 Å². The Labute approximate surface area is 102 Å². The lowest BCUT2D eigenvalue weighted by Crippen LogP contribution is -2.20. The SMILES string of the molecule is COCCCCCCCCCNC(=O)N=[N+]=[N-]. The Balaban J connectivity index is 3.08. The van der Waals surface area contributed by atoms with Crippen molar-refractivity contribution in [3.05, 3.63) is 10.4 Å². The normalized spacial score (nSPS) is 9.71. The first-order valence-electron chi connectivity index (χ1n) is 6.13. The lowest BCUT2D eigenvalue weighted by molar-refractivity contribution is 0.192. The lowest BCUT2D eigenvalue weighted by atomic mass is 10.1. The van der Waals surface area contributed by atoms with Crippen LogP contribution in [0.3, 0.4) is 0 Å². The molecule has 0 spiro atoms. The molecule has 0 aliphatic rings. The number of hydrogen-bond donors (Lipinski definition) is 1. The molecule has 0 unspecified atom stereocenters. The maximum Gasteiger partial charge on any atom is 0.308 e. The van der Waals surface area contributed by atoms with Crippen LogP contribution in [0.25, 0.3) is 10.4 Å². The van der Waals surface area contributed by atoms with E-state index in [1.807, 2.05) is 0 Å². The zero-order valence-corrected chi connectivity index (χ0v) is 10.5. The number of nitrogens with one attached hydrogen (secondary N) is 1. The second-order valence-corrected chi connectivity index (χ2v) is 3.89. The molecule has 0 bridgehead atoms. The summed E-state index contributed by atoms with van der Waals surface area (Å²) < 4.78 is 4.97. The summed E-state index contributed by atoms with van der Waals surface area (Å²) in [4.78, 5) is 13.1. The summed E-state index contributed by atoms with van der Waals surface area (Å²) in [6, 6.07) is -0.591. The summed E-state index contributed by atoms with van der Waals surface area (Å²) in [5, 5.41) is 5.45. The van der Waals surface area contributed by atoms with Crippen LogP contribution >= 0.6 is 0 Å². The van der Waals surface area contributed by atoms with E-state index < -0.39 is 6.03 Å². The number of nitrogens with zero attached hydrogens (tertiary/aromatic N) is 3. The third-order valence-corrected chi connectivity index (χ3v) is 2.44. The molecule has 0 aliphatic carbocycles. The Hall–Kier alpha value is -1.26. The van der Waals surface area contributed by atoms with E-state index in [4.69, 9.17) is 10.3 Å². The standard InChI is InChI=1S/C11H22N4O2/c1-17-10-8-6-4-2-3-5-7-9-13-11(16)14-15-12/h2-10H2,1H3,(H,13,16). The van der Waals surface area contributed by atoms with Crippen molar-refractivity contribution in [3.8, 4) is 0 Å². The minimum Gasteiger partial charge on any atom is -0.385 e. The molecule has 98 valence electrons. The van der Waals surface area contributed by atoms with Crippen molar-refractivity contribution in [1.82, 2.24) is 5.32 Å². The maximum absolute atomic E-state index is 10.7. The van der Waals surface area contributed by atoms with Gasteiger partial charge in [-0.1, -0.05) is 32.1 Å². The highest BCUT2D eigenvalue weighted by molar-refractivity contribution is 5.74. The molecule has 17 heavy (non-hydrogen) atoms. The fourth-order valence-electron chi connectivity index (χ4n) is 1.53. The molecular weight excluding hydrogens is 220 g/mol. The zero-order chi connectivity index (χ0) is 12.8. The number of amides is 2. The van der Waals surface area contributed by atoms with Crippen LogP contribution < -0.4 is 5.32 Å². The van der Waals surface area contributed by atoms with E-state index >= 15 is 0 Å². The summed E-state index contributed by atoms with van der Waals surface area (Å²) in [6.45, 7) is 1.44. The molecule has 0 aromatic heterocycles. The Morgan fingerprint density at radius 3 is 2.35 bits per heavy atom. The van der Waals surface area contributed by atoms with Gasteiger partial charge in [-0.3, -0.25) is 4.79 Å². The average Bonchev–Trinajstić information content (AvgIpc) is 2.32. The monoisotopic (exact) mass is 242 g/mol. The van der Waals surface area contributed by atoms with Gasteiger partial charge in [-0.25, -0.2) is 0 Å². The van der Waals surface area contributed by atoms with Crippen molar-refractivity contribution >= 4 is 6.03 Å². The van der Waals surface area contributed by atoms with Crippen LogP contribution in [-0.2, 0) is 4.74 Å². The van der Waals surface area contributed by atoms with Gasteiger partial charge in [0.2, 0.25) is 0 Å². The molecular formula is C11H22N4O2. The van der Waals surface area contributed by atoms with Crippen LogP contribution in [0, 0.1) is 0 Å². The lowest BCUT2D eigenvalue weighted by Gasteiger charge is -2.02. The molecule has 6 nitrogen and oxygen atoms in total. The molecule has 6 heteroatoms. The minimum atomic E-state index is -0.591. The molecule has 2 amide bonds.